The molecular weight excluding hydrogens is 490 g/mol. The van der Waals surface area contributed by atoms with Crippen molar-refractivity contribution in [1.29, 1.82) is 0 Å². The summed E-state index contributed by atoms with van der Waals surface area (Å²) in [6.45, 7) is 0. The molecule has 0 atom stereocenters. The highest BCUT2D eigenvalue weighted by Gasteiger charge is 2.17. The maximum atomic E-state index is 11.8. The Morgan fingerprint density at radius 3 is 2.11 bits per heavy atom. The molecule has 0 unspecified atom stereocenters. The summed E-state index contributed by atoms with van der Waals surface area (Å²) in [5, 5.41) is 10.1. The minimum absolute atomic E-state index is 0.245. The van der Waals surface area contributed by atoms with Gasteiger partial charge < -0.3 is 0 Å². The van der Waals surface area contributed by atoms with Crippen molar-refractivity contribution in [3.05, 3.63) is 90.0 Å². The summed E-state index contributed by atoms with van der Waals surface area (Å²) in [5.74, 6) is 0. The van der Waals surface area contributed by atoms with Gasteiger partial charge in [-0.2, -0.15) is 16.8 Å². The van der Waals surface area contributed by atoms with Crippen LogP contribution in [-0.2, 0) is 20.2 Å². The topological polar surface area (TPSA) is 139 Å². The van der Waals surface area contributed by atoms with Crippen molar-refractivity contribution in [1.82, 2.24) is 15.0 Å². The smallest absolute Gasteiger partial charge is 0.282 e. The highest BCUT2D eigenvalue weighted by Crippen LogP contribution is 2.28. The SMILES string of the molecule is O=S(=O)(O)c1ccc(C=Cc2ccccc2)c(-n2nc3ccc4cc(S(=O)(=O)O)ccc4c3n2)c1. The highest BCUT2D eigenvalue weighted by molar-refractivity contribution is 7.86. The van der Waals surface area contributed by atoms with Crippen LogP contribution in [0.2, 0.25) is 0 Å². The van der Waals surface area contributed by atoms with Gasteiger partial charge in [0.15, 0.2) is 0 Å². The van der Waals surface area contributed by atoms with Gasteiger partial charge in [-0.25, -0.2) is 0 Å². The molecule has 0 saturated carbocycles. The first-order chi connectivity index (χ1) is 16.6. The standard InChI is InChI=1S/C24H17N3O6S2/c28-34(29,30)19-11-12-21-18(14-19)9-13-22-24(21)26-27(25-22)23-15-20(35(31,32)33)10-8-17(23)7-6-16-4-2-1-3-5-16/h1-15H,(H,28,29,30)(H,31,32,33). The first-order valence-electron chi connectivity index (χ1n) is 10.2. The molecule has 0 fully saturated rings. The van der Waals surface area contributed by atoms with Crippen LogP contribution in [0.5, 0.6) is 0 Å². The van der Waals surface area contributed by atoms with Gasteiger partial charge in [0.2, 0.25) is 0 Å². The van der Waals surface area contributed by atoms with E-state index in [1.807, 2.05) is 36.4 Å². The normalized spacial score (nSPS) is 12.6. The molecule has 5 aromatic rings. The van der Waals surface area contributed by atoms with Crippen molar-refractivity contribution in [3.63, 3.8) is 0 Å². The van der Waals surface area contributed by atoms with Crippen LogP contribution in [0.3, 0.4) is 0 Å². The Labute approximate surface area is 200 Å². The second-order valence-electron chi connectivity index (χ2n) is 7.72. The van der Waals surface area contributed by atoms with Crippen LogP contribution >= 0.6 is 0 Å². The third-order valence-electron chi connectivity index (χ3n) is 5.41. The Kier molecular flexibility index (Phi) is 5.49. The van der Waals surface area contributed by atoms with E-state index in [-0.39, 0.29) is 9.79 Å². The van der Waals surface area contributed by atoms with Crippen LogP contribution < -0.4 is 0 Å². The number of hydrogen-bond acceptors (Lipinski definition) is 6. The van der Waals surface area contributed by atoms with Crippen molar-refractivity contribution >= 4 is 54.2 Å². The molecule has 0 bridgehead atoms. The predicted octanol–water partition coefficient (Wildman–Crippen LogP) is 4.24. The van der Waals surface area contributed by atoms with Crippen molar-refractivity contribution in [2.24, 2.45) is 0 Å². The fraction of sp³-hybridized carbons (Fsp3) is 0. The average molecular weight is 508 g/mol. The average Bonchev–Trinajstić information content (AvgIpc) is 3.26. The quantitative estimate of drug-likeness (QED) is 0.266. The van der Waals surface area contributed by atoms with Crippen LogP contribution in [0.25, 0.3) is 39.6 Å². The summed E-state index contributed by atoms with van der Waals surface area (Å²) < 4.78 is 65.5. The monoisotopic (exact) mass is 507 g/mol. The fourth-order valence-electron chi connectivity index (χ4n) is 3.70. The molecular formula is C24H17N3O6S2. The van der Waals surface area contributed by atoms with Crippen LogP contribution in [-0.4, -0.2) is 40.9 Å². The van der Waals surface area contributed by atoms with Crippen LogP contribution in [0, 0.1) is 0 Å². The Balaban J connectivity index is 1.69. The largest absolute Gasteiger partial charge is 0.294 e. The Morgan fingerprint density at radius 1 is 0.714 bits per heavy atom. The van der Waals surface area contributed by atoms with Gasteiger partial charge >= 0.3 is 0 Å². The Bertz CT molecular complexity index is 1850. The number of nitrogens with zero attached hydrogens (tertiary/aromatic N) is 3. The van der Waals surface area contributed by atoms with Gasteiger partial charge in [-0.1, -0.05) is 60.7 Å². The zero-order valence-electron chi connectivity index (χ0n) is 17.8. The molecule has 4 aromatic carbocycles. The molecule has 176 valence electrons. The highest BCUT2D eigenvalue weighted by atomic mass is 32.2. The molecule has 0 saturated heterocycles. The zero-order chi connectivity index (χ0) is 24.8. The van der Waals surface area contributed by atoms with Crippen LogP contribution in [0.15, 0.2) is 88.7 Å². The molecule has 1 aromatic heterocycles. The zero-order valence-corrected chi connectivity index (χ0v) is 19.5. The summed E-state index contributed by atoms with van der Waals surface area (Å²) in [6.07, 6.45) is 3.63. The summed E-state index contributed by atoms with van der Waals surface area (Å²) in [7, 11) is -8.84. The molecule has 5 rings (SSSR count). The summed E-state index contributed by atoms with van der Waals surface area (Å²) in [4.78, 5) is 0.708. The summed E-state index contributed by atoms with van der Waals surface area (Å²) >= 11 is 0. The van der Waals surface area contributed by atoms with E-state index in [0.717, 1.165) is 5.56 Å². The van der Waals surface area contributed by atoms with Gasteiger partial charge in [-0.3, -0.25) is 9.11 Å². The maximum absolute atomic E-state index is 11.8. The predicted molar refractivity (Wildman–Crippen MR) is 131 cm³/mol. The molecule has 35 heavy (non-hydrogen) atoms. The molecule has 9 nitrogen and oxygen atoms in total. The lowest BCUT2D eigenvalue weighted by Crippen LogP contribution is -2.05. The third kappa shape index (κ3) is 4.57. The Hall–Kier alpha value is -3.90. The first-order valence-corrected chi connectivity index (χ1v) is 13.1. The molecule has 2 N–H and O–H groups in total. The van der Waals surface area contributed by atoms with Crippen molar-refractivity contribution in [2.75, 3.05) is 0 Å². The van der Waals surface area contributed by atoms with Gasteiger partial charge in [0.1, 0.15) is 11.0 Å². The lowest BCUT2D eigenvalue weighted by Gasteiger charge is -2.07. The van der Waals surface area contributed by atoms with Crippen molar-refractivity contribution in [3.8, 4) is 5.69 Å². The lowest BCUT2D eigenvalue weighted by molar-refractivity contribution is 0.481. The van der Waals surface area contributed by atoms with E-state index < -0.39 is 20.2 Å². The van der Waals surface area contributed by atoms with E-state index in [2.05, 4.69) is 10.2 Å². The lowest BCUT2D eigenvalue weighted by atomic mass is 10.1. The molecule has 0 aliphatic heterocycles. The number of hydrogen-bond donors (Lipinski definition) is 2. The number of rotatable bonds is 5. The van der Waals surface area contributed by atoms with Gasteiger partial charge in [0.05, 0.1) is 15.5 Å². The minimum atomic E-state index is -4.47. The molecule has 0 aliphatic rings. The minimum Gasteiger partial charge on any atom is -0.282 e. The van der Waals surface area contributed by atoms with Crippen LogP contribution in [0.4, 0.5) is 0 Å². The van der Waals surface area contributed by atoms with E-state index in [4.69, 9.17) is 0 Å². The number of aromatic nitrogens is 3. The fourth-order valence-corrected chi connectivity index (χ4v) is 4.72. The molecule has 0 radical (unpaired) electrons. The summed E-state index contributed by atoms with van der Waals surface area (Å²) in [6, 6.07) is 21.0. The van der Waals surface area contributed by atoms with E-state index >= 15 is 0 Å². The van der Waals surface area contributed by atoms with Crippen molar-refractivity contribution in [2.45, 2.75) is 9.79 Å². The molecule has 11 heteroatoms. The molecule has 0 spiro atoms. The maximum Gasteiger partial charge on any atom is 0.294 e. The molecule has 1 heterocycles. The van der Waals surface area contributed by atoms with Gasteiger partial charge in [0.25, 0.3) is 20.2 Å². The van der Waals surface area contributed by atoms with Crippen LogP contribution in [0.1, 0.15) is 11.1 Å². The van der Waals surface area contributed by atoms with E-state index in [9.17, 15) is 25.9 Å². The molecule has 0 amide bonds. The van der Waals surface area contributed by atoms with E-state index in [1.165, 1.54) is 35.1 Å². The van der Waals surface area contributed by atoms with Crippen molar-refractivity contribution < 1.29 is 25.9 Å². The third-order valence-corrected chi connectivity index (χ3v) is 7.11. The summed E-state index contributed by atoms with van der Waals surface area (Å²) in [5.41, 5.74) is 2.76. The van der Waals surface area contributed by atoms with Gasteiger partial charge in [-0.15, -0.1) is 15.0 Å². The second kappa shape index (κ2) is 8.40. The van der Waals surface area contributed by atoms with Gasteiger partial charge in [0, 0.05) is 10.9 Å². The number of fused-ring (bicyclic) bond motifs is 3. The van der Waals surface area contributed by atoms with E-state index in [0.29, 0.717) is 33.1 Å². The first kappa shape index (κ1) is 22.9. The van der Waals surface area contributed by atoms with E-state index in [1.54, 1.807) is 24.3 Å². The number of benzene rings is 4. The Morgan fingerprint density at radius 2 is 1.40 bits per heavy atom. The second-order valence-corrected chi connectivity index (χ2v) is 10.6. The van der Waals surface area contributed by atoms with Gasteiger partial charge in [-0.05, 0) is 41.3 Å². The molecule has 0 aliphatic carbocycles.